The van der Waals surface area contributed by atoms with Crippen LogP contribution < -0.4 is 0 Å². The van der Waals surface area contributed by atoms with Gasteiger partial charge in [0, 0.05) is 35.0 Å². The van der Waals surface area contributed by atoms with E-state index in [1.54, 1.807) is 12.4 Å². The molecule has 1 aliphatic carbocycles. The molecule has 3 rings (SSSR count). The van der Waals surface area contributed by atoms with E-state index >= 15 is 0 Å². The van der Waals surface area contributed by atoms with Crippen molar-refractivity contribution < 1.29 is 5.11 Å². The first kappa shape index (κ1) is 13.8. The lowest BCUT2D eigenvalue weighted by atomic mass is 10.1. The molecule has 1 saturated carbocycles. The molecule has 106 valence electrons. The molecule has 20 heavy (non-hydrogen) atoms. The zero-order valence-corrected chi connectivity index (χ0v) is 12.8. The minimum Gasteiger partial charge on any atom is -0.388 e. The van der Waals surface area contributed by atoms with Crippen LogP contribution in [0.5, 0.6) is 0 Å². The number of aliphatic hydroxyl groups is 1. The van der Waals surface area contributed by atoms with Crippen LogP contribution in [0.25, 0.3) is 0 Å². The third-order valence-electron chi connectivity index (χ3n) is 3.88. The fourth-order valence-corrected chi connectivity index (χ4v) is 3.17. The number of pyridine rings is 1. The van der Waals surface area contributed by atoms with Gasteiger partial charge in [-0.15, -0.1) is 0 Å². The van der Waals surface area contributed by atoms with Crippen molar-refractivity contribution >= 4 is 15.9 Å². The third-order valence-corrected chi connectivity index (χ3v) is 4.31. The highest BCUT2D eigenvalue weighted by Gasteiger charge is 2.18. The number of halogens is 1. The summed E-state index contributed by atoms with van der Waals surface area (Å²) in [5.41, 5.74) is 1.75. The minimum atomic E-state index is -0.563. The summed E-state index contributed by atoms with van der Waals surface area (Å²) in [7, 11) is 0. The Balaban J connectivity index is 1.68. The molecule has 1 fully saturated rings. The first-order valence-corrected chi connectivity index (χ1v) is 7.84. The lowest BCUT2D eigenvalue weighted by molar-refractivity contribution is 0.176. The standard InChI is InChI=1S/C15H18BrN3O/c16-12-7-11(9-17-10-12)15(20)8-13-5-6-19(18-13)14-3-1-2-4-14/h5-7,9-10,14-15,20H,1-4,8H2. The number of hydrogen-bond acceptors (Lipinski definition) is 3. The predicted molar refractivity (Wildman–Crippen MR) is 80.3 cm³/mol. The Hall–Kier alpha value is -1.20. The van der Waals surface area contributed by atoms with Gasteiger partial charge in [0.15, 0.2) is 0 Å². The normalized spacial score (nSPS) is 17.5. The molecule has 2 aromatic rings. The molecule has 2 heterocycles. The summed E-state index contributed by atoms with van der Waals surface area (Å²) >= 11 is 3.37. The summed E-state index contributed by atoms with van der Waals surface area (Å²) < 4.78 is 2.94. The van der Waals surface area contributed by atoms with Crippen LogP contribution in [0, 0.1) is 0 Å². The van der Waals surface area contributed by atoms with E-state index in [0.717, 1.165) is 15.7 Å². The Morgan fingerprint density at radius 3 is 2.90 bits per heavy atom. The van der Waals surface area contributed by atoms with Gasteiger partial charge in [0.05, 0.1) is 17.8 Å². The van der Waals surface area contributed by atoms with E-state index in [4.69, 9.17) is 0 Å². The van der Waals surface area contributed by atoms with Gasteiger partial charge in [0.1, 0.15) is 0 Å². The zero-order chi connectivity index (χ0) is 13.9. The Bertz CT molecular complexity index is 578. The van der Waals surface area contributed by atoms with Crippen molar-refractivity contribution in [2.75, 3.05) is 0 Å². The first-order valence-electron chi connectivity index (χ1n) is 7.05. The molecule has 0 spiro atoms. The fraction of sp³-hybridized carbons (Fsp3) is 0.467. The first-order chi connectivity index (χ1) is 9.72. The summed E-state index contributed by atoms with van der Waals surface area (Å²) in [6.45, 7) is 0. The molecule has 0 amide bonds. The minimum absolute atomic E-state index is 0.526. The second-order valence-corrected chi connectivity index (χ2v) is 6.30. The summed E-state index contributed by atoms with van der Waals surface area (Å²) in [5.74, 6) is 0. The molecule has 0 aliphatic heterocycles. The van der Waals surface area contributed by atoms with Crippen molar-refractivity contribution in [3.63, 3.8) is 0 Å². The number of aromatic nitrogens is 3. The predicted octanol–water partition coefficient (Wildman–Crippen LogP) is 3.43. The average Bonchev–Trinajstić information content (AvgIpc) is 3.08. The van der Waals surface area contributed by atoms with Gasteiger partial charge in [-0.2, -0.15) is 5.10 Å². The molecule has 2 aromatic heterocycles. The SMILES string of the molecule is OC(Cc1ccn(C2CCCC2)n1)c1cncc(Br)c1. The summed E-state index contributed by atoms with van der Waals surface area (Å²) in [4.78, 5) is 4.08. The molecule has 0 aromatic carbocycles. The fourth-order valence-electron chi connectivity index (χ4n) is 2.78. The summed E-state index contributed by atoms with van der Waals surface area (Å²) in [5, 5.41) is 14.9. The van der Waals surface area contributed by atoms with Gasteiger partial charge in [-0.25, -0.2) is 0 Å². The molecule has 0 bridgehead atoms. The number of aliphatic hydroxyl groups excluding tert-OH is 1. The Labute approximate surface area is 127 Å². The van der Waals surface area contributed by atoms with Crippen molar-refractivity contribution in [1.82, 2.24) is 14.8 Å². The van der Waals surface area contributed by atoms with E-state index in [1.165, 1.54) is 25.7 Å². The van der Waals surface area contributed by atoms with Crippen LogP contribution in [-0.2, 0) is 6.42 Å². The van der Waals surface area contributed by atoms with Crippen LogP contribution in [0.4, 0.5) is 0 Å². The number of rotatable bonds is 4. The van der Waals surface area contributed by atoms with Crippen molar-refractivity contribution in [2.24, 2.45) is 0 Å². The molecule has 0 radical (unpaired) electrons. The molecule has 4 nitrogen and oxygen atoms in total. The maximum atomic E-state index is 10.3. The molecule has 1 atom stereocenters. The van der Waals surface area contributed by atoms with Crippen LogP contribution in [-0.4, -0.2) is 19.9 Å². The molecular formula is C15H18BrN3O. The monoisotopic (exact) mass is 335 g/mol. The number of nitrogens with zero attached hydrogens (tertiary/aromatic N) is 3. The van der Waals surface area contributed by atoms with Gasteiger partial charge in [-0.05, 0) is 40.9 Å². The zero-order valence-electron chi connectivity index (χ0n) is 11.2. The molecule has 0 saturated heterocycles. The Morgan fingerprint density at radius 1 is 1.35 bits per heavy atom. The van der Waals surface area contributed by atoms with E-state index in [0.29, 0.717) is 12.5 Å². The molecule has 1 aliphatic rings. The third kappa shape index (κ3) is 3.10. The van der Waals surface area contributed by atoms with Crippen molar-refractivity contribution in [1.29, 1.82) is 0 Å². The summed E-state index contributed by atoms with van der Waals surface area (Å²) in [6, 6.07) is 4.45. The number of hydrogen-bond donors (Lipinski definition) is 1. The van der Waals surface area contributed by atoms with Crippen LogP contribution >= 0.6 is 15.9 Å². The lowest BCUT2D eigenvalue weighted by Crippen LogP contribution is -2.07. The van der Waals surface area contributed by atoms with Crippen molar-refractivity contribution in [3.8, 4) is 0 Å². The average molecular weight is 336 g/mol. The van der Waals surface area contributed by atoms with Crippen molar-refractivity contribution in [3.05, 3.63) is 46.5 Å². The molecule has 1 N–H and O–H groups in total. The molecule has 5 heteroatoms. The van der Waals surface area contributed by atoms with Gasteiger partial charge in [-0.3, -0.25) is 9.67 Å². The van der Waals surface area contributed by atoms with E-state index in [9.17, 15) is 5.11 Å². The van der Waals surface area contributed by atoms with Gasteiger partial charge in [-0.1, -0.05) is 12.8 Å². The summed E-state index contributed by atoms with van der Waals surface area (Å²) in [6.07, 6.45) is 10.5. The molecular weight excluding hydrogens is 318 g/mol. The second kappa shape index (κ2) is 6.06. The second-order valence-electron chi connectivity index (χ2n) is 5.38. The topological polar surface area (TPSA) is 50.9 Å². The lowest BCUT2D eigenvalue weighted by Gasteiger charge is -2.11. The Morgan fingerprint density at radius 2 is 2.15 bits per heavy atom. The van der Waals surface area contributed by atoms with E-state index < -0.39 is 6.10 Å². The van der Waals surface area contributed by atoms with Crippen LogP contribution in [0.2, 0.25) is 0 Å². The highest BCUT2D eigenvalue weighted by molar-refractivity contribution is 9.10. The highest BCUT2D eigenvalue weighted by Crippen LogP contribution is 2.29. The Kier molecular flexibility index (Phi) is 4.17. The van der Waals surface area contributed by atoms with Gasteiger partial charge >= 0.3 is 0 Å². The highest BCUT2D eigenvalue weighted by atomic mass is 79.9. The van der Waals surface area contributed by atoms with Gasteiger partial charge in [0.2, 0.25) is 0 Å². The van der Waals surface area contributed by atoms with Gasteiger partial charge < -0.3 is 5.11 Å². The van der Waals surface area contributed by atoms with Crippen molar-refractivity contribution in [2.45, 2.75) is 44.2 Å². The maximum Gasteiger partial charge on any atom is 0.0861 e. The molecule has 1 unspecified atom stereocenters. The van der Waals surface area contributed by atoms with E-state index in [-0.39, 0.29) is 0 Å². The van der Waals surface area contributed by atoms with E-state index in [2.05, 4.69) is 30.7 Å². The quantitative estimate of drug-likeness (QED) is 0.931. The smallest absolute Gasteiger partial charge is 0.0861 e. The largest absolute Gasteiger partial charge is 0.388 e. The maximum absolute atomic E-state index is 10.3. The van der Waals surface area contributed by atoms with Gasteiger partial charge in [0.25, 0.3) is 0 Å². The van der Waals surface area contributed by atoms with Crippen LogP contribution in [0.1, 0.15) is 49.1 Å². The van der Waals surface area contributed by atoms with Crippen LogP contribution in [0.15, 0.2) is 35.2 Å². The van der Waals surface area contributed by atoms with E-state index in [1.807, 2.05) is 18.3 Å². The van der Waals surface area contributed by atoms with Crippen LogP contribution in [0.3, 0.4) is 0 Å².